The molecule has 4 heterocycles. The van der Waals surface area contributed by atoms with Gasteiger partial charge in [0.25, 0.3) is 11.8 Å². The number of nitrogens with zero attached hydrogens (tertiary/aromatic N) is 5. The number of hydrogen-bond donors (Lipinski definition) is 1. The summed E-state index contributed by atoms with van der Waals surface area (Å²) in [6.07, 6.45) is 5.84. The molecule has 2 aromatic carbocycles. The molecule has 3 atom stereocenters. The van der Waals surface area contributed by atoms with E-state index in [2.05, 4.69) is 19.9 Å². The zero-order chi connectivity index (χ0) is 31.5. The van der Waals surface area contributed by atoms with E-state index in [1.807, 2.05) is 39.0 Å². The van der Waals surface area contributed by atoms with Gasteiger partial charge >= 0.3 is 6.09 Å². The van der Waals surface area contributed by atoms with Gasteiger partial charge in [-0.1, -0.05) is 18.2 Å². The Hall–Kier alpha value is -4.41. The molecular weight excluding hydrogens is 578 g/mol. The third kappa shape index (κ3) is 4.34. The number of carbonyl (C=O) groups is 2. The molecule has 0 saturated heterocycles. The van der Waals surface area contributed by atoms with Crippen LogP contribution in [0.2, 0.25) is 0 Å². The lowest BCUT2D eigenvalue weighted by Crippen LogP contribution is -2.53. The van der Waals surface area contributed by atoms with Gasteiger partial charge in [0, 0.05) is 43.4 Å². The van der Waals surface area contributed by atoms with Gasteiger partial charge in [0.15, 0.2) is 5.82 Å². The first-order chi connectivity index (χ1) is 21.4. The van der Waals surface area contributed by atoms with E-state index in [1.165, 1.54) is 0 Å². The van der Waals surface area contributed by atoms with Crippen LogP contribution in [0.3, 0.4) is 0 Å². The van der Waals surface area contributed by atoms with Crippen LogP contribution >= 0.6 is 0 Å². The summed E-state index contributed by atoms with van der Waals surface area (Å²) in [6, 6.07) is 10.6. The Morgan fingerprint density at radius 2 is 1.80 bits per heavy atom. The van der Waals surface area contributed by atoms with E-state index in [-0.39, 0.29) is 24.4 Å². The van der Waals surface area contributed by atoms with Crippen LogP contribution in [0.4, 0.5) is 13.6 Å². The molecule has 11 heteroatoms. The molecule has 2 aliphatic carbocycles. The lowest BCUT2D eigenvalue weighted by Gasteiger charge is -2.41. The van der Waals surface area contributed by atoms with Gasteiger partial charge in [-0.3, -0.25) is 4.79 Å². The summed E-state index contributed by atoms with van der Waals surface area (Å²) in [6.45, 7) is 5.48. The predicted molar refractivity (Wildman–Crippen MR) is 162 cm³/mol. The average molecular weight is 613 g/mol. The second-order valence-corrected chi connectivity index (χ2v) is 13.9. The minimum absolute atomic E-state index is 0.162. The number of aromatic nitrogens is 4. The highest BCUT2D eigenvalue weighted by Crippen LogP contribution is 2.59. The lowest BCUT2D eigenvalue weighted by atomic mass is 9.76. The maximum absolute atomic E-state index is 14.4. The van der Waals surface area contributed by atoms with Crippen LogP contribution in [-0.4, -0.2) is 55.0 Å². The Labute approximate surface area is 259 Å². The third-order valence-electron chi connectivity index (χ3n) is 9.83. The van der Waals surface area contributed by atoms with Crippen molar-refractivity contribution in [2.45, 2.75) is 87.9 Å². The van der Waals surface area contributed by atoms with Crippen molar-refractivity contribution in [3.63, 3.8) is 0 Å². The highest BCUT2D eigenvalue weighted by atomic mass is 19.3. The summed E-state index contributed by atoms with van der Waals surface area (Å²) in [4.78, 5) is 42.1. The van der Waals surface area contributed by atoms with Crippen molar-refractivity contribution in [1.29, 1.82) is 0 Å². The van der Waals surface area contributed by atoms with Gasteiger partial charge in [-0.25, -0.2) is 28.5 Å². The molecule has 2 amide bonds. The first kappa shape index (κ1) is 28.1. The minimum atomic E-state index is -2.76. The Kier molecular flexibility index (Phi) is 5.81. The second-order valence-electron chi connectivity index (χ2n) is 13.9. The van der Waals surface area contributed by atoms with Gasteiger partial charge in [0.05, 0.1) is 29.0 Å². The maximum atomic E-state index is 14.4. The summed E-state index contributed by atoms with van der Waals surface area (Å²) in [5.74, 6) is -2.49. The van der Waals surface area contributed by atoms with E-state index in [0.717, 1.165) is 47.2 Å². The number of hydrogen-bond acceptors (Lipinski definition) is 6. The van der Waals surface area contributed by atoms with Crippen LogP contribution in [0.1, 0.15) is 104 Å². The Bertz CT molecular complexity index is 1890. The molecule has 4 aliphatic rings. The molecule has 2 aliphatic heterocycles. The number of imidazole rings is 1. The number of carbonyl (C=O) groups excluding carboxylic acids is 2. The van der Waals surface area contributed by atoms with E-state index in [0.29, 0.717) is 28.9 Å². The smallest absolute Gasteiger partial charge is 0.408 e. The summed E-state index contributed by atoms with van der Waals surface area (Å²) in [5.41, 5.74) is 3.80. The molecule has 0 spiro atoms. The summed E-state index contributed by atoms with van der Waals surface area (Å²) in [5, 5.41) is 3.00. The number of nitrogens with one attached hydrogen (secondary N) is 1. The standard InChI is InChI=1S/C34H34F2N6O3/c1-32(2,3)45-31(44)40-33(11-6-12-33)30-37-16-19(17-38-30)18-9-10-23-24(13-18)42-25-14-26(28(42)39-23)41(4)29(43)21-8-5-7-20(27(21)25)22-15-34(22,35)36/h5,7-10,13,16-17,22,25-26H,6,11-12,14-15H2,1-4H3,(H,40,44)/t22?,25-,26-/m1/s1. The van der Waals surface area contributed by atoms with Crippen molar-refractivity contribution in [2.75, 3.05) is 7.05 Å². The number of alkyl halides is 2. The summed E-state index contributed by atoms with van der Waals surface area (Å²) < 4.78 is 36.4. The zero-order valence-corrected chi connectivity index (χ0v) is 25.6. The van der Waals surface area contributed by atoms with Crippen LogP contribution < -0.4 is 5.32 Å². The number of rotatable bonds is 4. The Morgan fingerprint density at radius 3 is 2.44 bits per heavy atom. The van der Waals surface area contributed by atoms with Crippen LogP contribution in [0.15, 0.2) is 48.8 Å². The van der Waals surface area contributed by atoms with Gasteiger partial charge in [-0.05, 0) is 74.9 Å². The van der Waals surface area contributed by atoms with Gasteiger partial charge in [-0.2, -0.15) is 0 Å². The fraction of sp³-hybridized carbons (Fsp3) is 0.441. The van der Waals surface area contributed by atoms with Crippen molar-refractivity contribution in [1.82, 2.24) is 29.7 Å². The fourth-order valence-corrected chi connectivity index (χ4v) is 7.34. The molecule has 4 aromatic rings. The van der Waals surface area contributed by atoms with E-state index in [1.54, 1.807) is 42.5 Å². The molecule has 2 saturated carbocycles. The number of ether oxygens (including phenoxy) is 1. The van der Waals surface area contributed by atoms with Gasteiger partial charge < -0.3 is 19.5 Å². The molecule has 1 N–H and O–H groups in total. The molecule has 8 rings (SSSR count). The lowest BCUT2D eigenvalue weighted by molar-refractivity contribution is 0.0364. The van der Waals surface area contributed by atoms with E-state index in [4.69, 9.17) is 9.72 Å². The average Bonchev–Trinajstić information content (AvgIpc) is 3.30. The number of amides is 2. The van der Waals surface area contributed by atoms with Crippen molar-refractivity contribution >= 4 is 23.0 Å². The van der Waals surface area contributed by atoms with E-state index < -0.39 is 29.1 Å². The minimum Gasteiger partial charge on any atom is -0.444 e. The zero-order valence-electron chi connectivity index (χ0n) is 25.6. The summed E-state index contributed by atoms with van der Waals surface area (Å²) in [7, 11) is 1.77. The molecule has 1 unspecified atom stereocenters. The SMILES string of the molecule is CN1C(=O)c2cccc(C3CC3(F)F)c2[C@H]2C[C@@H]1c1nc3ccc(-c4cnc(C5(NC(=O)OC(C)(C)C)CCC5)nc4)cc3n12. The van der Waals surface area contributed by atoms with Gasteiger partial charge in [0.2, 0.25) is 0 Å². The monoisotopic (exact) mass is 612 g/mol. The molecule has 45 heavy (non-hydrogen) atoms. The molecule has 2 bridgehead atoms. The Morgan fingerprint density at radius 1 is 1.07 bits per heavy atom. The number of fused-ring (bicyclic) bond motifs is 9. The largest absolute Gasteiger partial charge is 0.444 e. The van der Waals surface area contributed by atoms with Crippen molar-refractivity contribution in [2.24, 2.45) is 0 Å². The first-order valence-corrected chi connectivity index (χ1v) is 15.5. The topological polar surface area (TPSA) is 102 Å². The molecule has 9 nitrogen and oxygen atoms in total. The molecule has 232 valence electrons. The Balaban J connectivity index is 1.16. The van der Waals surface area contributed by atoms with E-state index >= 15 is 0 Å². The van der Waals surface area contributed by atoms with Crippen LogP contribution in [0.25, 0.3) is 22.2 Å². The van der Waals surface area contributed by atoms with Crippen LogP contribution in [0, 0.1) is 0 Å². The van der Waals surface area contributed by atoms with Crippen LogP contribution in [0.5, 0.6) is 0 Å². The number of halogens is 2. The van der Waals surface area contributed by atoms with E-state index in [9.17, 15) is 18.4 Å². The molecular formula is C34H34F2N6O3. The second kappa shape index (κ2) is 9.31. The highest BCUT2D eigenvalue weighted by Gasteiger charge is 2.59. The van der Waals surface area contributed by atoms with Gasteiger partial charge in [-0.15, -0.1) is 0 Å². The maximum Gasteiger partial charge on any atom is 0.408 e. The van der Waals surface area contributed by atoms with Crippen molar-refractivity contribution < 1.29 is 23.1 Å². The normalized spacial score (nSPS) is 24.0. The van der Waals surface area contributed by atoms with Crippen molar-refractivity contribution in [3.05, 3.63) is 77.1 Å². The first-order valence-electron chi connectivity index (χ1n) is 15.5. The van der Waals surface area contributed by atoms with Gasteiger partial charge in [0.1, 0.15) is 17.0 Å². The number of benzene rings is 2. The molecule has 0 radical (unpaired) electrons. The summed E-state index contributed by atoms with van der Waals surface area (Å²) >= 11 is 0. The molecule has 2 aromatic heterocycles. The van der Waals surface area contributed by atoms with Crippen LogP contribution in [-0.2, 0) is 10.3 Å². The predicted octanol–water partition coefficient (Wildman–Crippen LogP) is 6.64. The fourth-order valence-electron chi connectivity index (χ4n) is 7.34. The quantitative estimate of drug-likeness (QED) is 0.277. The highest BCUT2D eigenvalue weighted by molar-refractivity contribution is 5.97. The third-order valence-corrected chi connectivity index (χ3v) is 9.83. The number of alkyl carbamates (subject to hydrolysis) is 1. The van der Waals surface area contributed by atoms with Crippen molar-refractivity contribution in [3.8, 4) is 11.1 Å². The molecule has 2 fully saturated rings.